The molecule has 0 aliphatic carbocycles. The molecule has 104 valence electrons. The van der Waals surface area contributed by atoms with Crippen molar-refractivity contribution in [1.29, 1.82) is 0 Å². The van der Waals surface area contributed by atoms with E-state index in [0.717, 1.165) is 16.8 Å². The van der Waals surface area contributed by atoms with Crippen molar-refractivity contribution >= 4 is 53.2 Å². The zero-order valence-electron chi connectivity index (χ0n) is 10.2. The second kappa shape index (κ2) is 7.35. The number of thiophene rings is 1. The van der Waals surface area contributed by atoms with Crippen LogP contribution < -0.4 is 10.0 Å². The van der Waals surface area contributed by atoms with Crippen LogP contribution >= 0.6 is 43.2 Å². The molecule has 0 radical (unpaired) electrons. The van der Waals surface area contributed by atoms with Crippen molar-refractivity contribution in [1.82, 2.24) is 10.0 Å². The third-order valence-electron chi connectivity index (χ3n) is 2.11. The highest BCUT2D eigenvalue weighted by Gasteiger charge is 2.19. The minimum absolute atomic E-state index is 0.288. The summed E-state index contributed by atoms with van der Waals surface area (Å²) in [6.45, 7) is 5.35. The van der Waals surface area contributed by atoms with E-state index in [4.69, 9.17) is 0 Å². The molecular weight excluding hydrogens is 404 g/mol. The van der Waals surface area contributed by atoms with Gasteiger partial charge in [-0.05, 0) is 50.9 Å². The van der Waals surface area contributed by atoms with E-state index in [1.165, 1.54) is 11.3 Å². The zero-order chi connectivity index (χ0) is 13.8. The summed E-state index contributed by atoms with van der Waals surface area (Å²) in [5.74, 6) is 0. The molecule has 4 nitrogen and oxygen atoms in total. The van der Waals surface area contributed by atoms with Crippen molar-refractivity contribution in [2.75, 3.05) is 13.1 Å². The smallest absolute Gasteiger partial charge is 0.242 e. The second-order valence-corrected chi connectivity index (χ2v) is 9.53. The van der Waals surface area contributed by atoms with Gasteiger partial charge in [-0.2, -0.15) is 0 Å². The number of nitrogens with one attached hydrogen (secondary N) is 2. The molecular formula is C10H16Br2N2O2S2. The number of hydrogen-bond donors (Lipinski definition) is 2. The molecule has 0 amide bonds. The van der Waals surface area contributed by atoms with Gasteiger partial charge in [-0.25, -0.2) is 13.1 Å². The van der Waals surface area contributed by atoms with Crippen molar-refractivity contribution in [3.8, 4) is 0 Å². The van der Waals surface area contributed by atoms with Crippen molar-refractivity contribution < 1.29 is 8.42 Å². The first-order valence-electron chi connectivity index (χ1n) is 5.51. The van der Waals surface area contributed by atoms with Crippen LogP contribution in [0.5, 0.6) is 0 Å². The fourth-order valence-corrected chi connectivity index (χ4v) is 6.16. The maximum atomic E-state index is 12.0. The first-order chi connectivity index (χ1) is 8.33. The molecule has 1 aromatic rings. The van der Waals surface area contributed by atoms with Crippen LogP contribution in [0.4, 0.5) is 0 Å². The second-order valence-electron chi connectivity index (χ2n) is 4.05. The lowest BCUT2D eigenvalue weighted by atomic mass is 10.3. The standard InChI is InChI=1S/C10H16Br2N2O2S2/c1-7(2)13-4-3-5-14-18(15,16)8-6-9(11)17-10(8)12/h6-7,13-14H,3-5H2,1-2H3. The van der Waals surface area contributed by atoms with Gasteiger partial charge in [0.25, 0.3) is 0 Å². The van der Waals surface area contributed by atoms with Gasteiger partial charge in [-0.15, -0.1) is 11.3 Å². The molecule has 1 rings (SSSR count). The maximum absolute atomic E-state index is 12.0. The summed E-state index contributed by atoms with van der Waals surface area (Å²) in [5, 5.41) is 3.24. The number of halogens is 2. The molecule has 1 heterocycles. The van der Waals surface area contributed by atoms with Gasteiger partial charge in [0.2, 0.25) is 10.0 Å². The van der Waals surface area contributed by atoms with Gasteiger partial charge in [0.05, 0.1) is 7.57 Å². The predicted molar refractivity (Wildman–Crippen MR) is 82.7 cm³/mol. The van der Waals surface area contributed by atoms with Crippen molar-refractivity contribution in [2.24, 2.45) is 0 Å². The highest BCUT2D eigenvalue weighted by Crippen LogP contribution is 2.34. The quantitative estimate of drug-likeness (QED) is 0.668. The van der Waals surface area contributed by atoms with E-state index in [9.17, 15) is 8.42 Å². The Bertz CT molecular complexity index is 486. The average molecular weight is 420 g/mol. The Morgan fingerprint density at radius 2 is 2.00 bits per heavy atom. The fourth-order valence-electron chi connectivity index (χ4n) is 1.27. The highest BCUT2D eigenvalue weighted by molar-refractivity contribution is 9.12. The first kappa shape index (κ1) is 16.6. The van der Waals surface area contributed by atoms with Crippen LogP contribution in [0.15, 0.2) is 18.5 Å². The van der Waals surface area contributed by atoms with Gasteiger partial charge >= 0.3 is 0 Å². The summed E-state index contributed by atoms with van der Waals surface area (Å²) >= 11 is 7.87. The number of hydrogen-bond acceptors (Lipinski definition) is 4. The van der Waals surface area contributed by atoms with E-state index in [-0.39, 0.29) is 4.90 Å². The van der Waals surface area contributed by atoms with Crippen LogP contribution in [-0.2, 0) is 10.0 Å². The Hall–Kier alpha value is 0.530. The van der Waals surface area contributed by atoms with Gasteiger partial charge in [0.1, 0.15) is 4.90 Å². The lowest BCUT2D eigenvalue weighted by molar-refractivity contribution is 0.554. The minimum atomic E-state index is -3.42. The molecule has 0 fully saturated rings. The monoisotopic (exact) mass is 418 g/mol. The summed E-state index contributed by atoms with van der Waals surface area (Å²) in [4.78, 5) is 0.288. The van der Waals surface area contributed by atoms with Gasteiger partial charge in [-0.1, -0.05) is 13.8 Å². The molecule has 0 aromatic carbocycles. The molecule has 0 atom stereocenters. The minimum Gasteiger partial charge on any atom is -0.314 e. The molecule has 8 heteroatoms. The van der Waals surface area contributed by atoms with E-state index in [1.54, 1.807) is 6.07 Å². The fraction of sp³-hybridized carbons (Fsp3) is 0.600. The van der Waals surface area contributed by atoms with Gasteiger partial charge in [-0.3, -0.25) is 0 Å². The normalized spacial score (nSPS) is 12.3. The molecule has 0 aliphatic rings. The van der Waals surface area contributed by atoms with Crippen LogP contribution in [-0.4, -0.2) is 27.5 Å². The molecule has 0 aliphatic heterocycles. The topological polar surface area (TPSA) is 58.2 Å². The van der Waals surface area contributed by atoms with E-state index in [0.29, 0.717) is 16.4 Å². The lowest BCUT2D eigenvalue weighted by Gasteiger charge is -2.08. The summed E-state index contributed by atoms with van der Waals surface area (Å²) < 4.78 is 28.0. The Balaban J connectivity index is 2.48. The van der Waals surface area contributed by atoms with Crippen LogP contribution in [0.1, 0.15) is 20.3 Å². The van der Waals surface area contributed by atoms with E-state index < -0.39 is 10.0 Å². The number of sulfonamides is 1. The Labute approximate surface area is 129 Å². The van der Waals surface area contributed by atoms with Gasteiger partial charge in [0, 0.05) is 12.6 Å². The SMILES string of the molecule is CC(C)NCCCNS(=O)(=O)c1cc(Br)sc1Br. The van der Waals surface area contributed by atoms with Crippen LogP contribution in [0.3, 0.4) is 0 Å². The largest absolute Gasteiger partial charge is 0.314 e. The van der Waals surface area contributed by atoms with Crippen LogP contribution in [0.2, 0.25) is 0 Å². The van der Waals surface area contributed by atoms with Crippen molar-refractivity contribution in [3.63, 3.8) is 0 Å². The molecule has 0 saturated heterocycles. The van der Waals surface area contributed by atoms with Crippen LogP contribution in [0, 0.1) is 0 Å². The zero-order valence-corrected chi connectivity index (χ0v) is 15.0. The van der Waals surface area contributed by atoms with Gasteiger partial charge < -0.3 is 5.32 Å². The van der Waals surface area contributed by atoms with Crippen molar-refractivity contribution in [2.45, 2.75) is 31.2 Å². The van der Waals surface area contributed by atoms with E-state index in [2.05, 4.69) is 55.7 Å². The third kappa shape index (κ3) is 5.26. The molecule has 1 aromatic heterocycles. The maximum Gasteiger partial charge on any atom is 0.242 e. The highest BCUT2D eigenvalue weighted by atomic mass is 79.9. The molecule has 2 N–H and O–H groups in total. The van der Waals surface area contributed by atoms with Crippen LogP contribution in [0.25, 0.3) is 0 Å². The van der Waals surface area contributed by atoms with Gasteiger partial charge in [0.15, 0.2) is 0 Å². The lowest BCUT2D eigenvalue weighted by Crippen LogP contribution is -2.29. The molecule has 0 saturated carbocycles. The van der Waals surface area contributed by atoms with E-state index >= 15 is 0 Å². The summed E-state index contributed by atoms with van der Waals surface area (Å²) in [6, 6.07) is 2.02. The Kier molecular flexibility index (Phi) is 6.77. The predicted octanol–water partition coefficient (Wildman–Crippen LogP) is 2.94. The average Bonchev–Trinajstić information content (AvgIpc) is 2.57. The molecule has 18 heavy (non-hydrogen) atoms. The summed E-state index contributed by atoms with van der Waals surface area (Å²) in [7, 11) is -3.42. The Morgan fingerprint density at radius 3 is 2.50 bits per heavy atom. The first-order valence-corrected chi connectivity index (χ1v) is 9.39. The Morgan fingerprint density at radius 1 is 1.33 bits per heavy atom. The summed E-state index contributed by atoms with van der Waals surface area (Å²) in [6.07, 6.45) is 0.764. The summed E-state index contributed by atoms with van der Waals surface area (Å²) in [5.41, 5.74) is 0. The number of rotatable bonds is 7. The molecule has 0 bridgehead atoms. The van der Waals surface area contributed by atoms with E-state index in [1.807, 2.05) is 0 Å². The third-order valence-corrected chi connectivity index (χ3v) is 6.33. The van der Waals surface area contributed by atoms with Crippen molar-refractivity contribution in [3.05, 3.63) is 13.6 Å². The molecule has 0 unspecified atom stereocenters. The molecule has 0 spiro atoms.